The first-order valence-corrected chi connectivity index (χ1v) is 7.58. The molecule has 22 heavy (non-hydrogen) atoms. The topological polar surface area (TPSA) is 9.23 Å². The first-order valence-electron chi connectivity index (χ1n) is 7.58. The summed E-state index contributed by atoms with van der Waals surface area (Å²) in [6, 6.07) is 25.1. The predicted molar refractivity (Wildman–Crippen MR) is 91.7 cm³/mol. The van der Waals surface area contributed by atoms with Crippen LogP contribution in [0, 0.1) is 13.8 Å². The fraction of sp³-hybridized carbons (Fsp3) is 0.143. The number of hydrogen-bond donors (Lipinski definition) is 0. The lowest BCUT2D eigenvalue weighted by Crippen LogP contribution is -1.90. The molecule has 3 aromatic carbocycles. The van der Waals surface area contributed by atoms with Crippen LogP contribution in [0.1, 0.15) is 22.3 Å². The van der Waals surface area contributed by atoms with E-state index in [0.717, 1.165) is 17.9 Å². The van der Waals surface area contributed by atoms with Gasteiger partial charge in [-0.2, -0.15) is 0 Å². The first-order chi connectivity index (χ1) is 10.7. The highest BCUT2D eigenvalue weighted by molar-refractivity contribution is 5.37. The second-order valence-electron chi connectivity index (χ2n) is 5.72. The van der Waals surface area contributed by atoms with Crippen molar-refractivity contribution in [2.45, 2.75) is 20.3 Å². The summed E-state index contributed by atoms with van der Waals surface area (Å²) in [5.74, 6) is 1.76. The van der Waals surface area contributed by atoms with E-state index < -0.39 is 0 Å². The van der Waals surface area contributed by atoms with Crippen molar-refractivity contribution in [3.8, 4) is 11.5 Å². The van der Waals surface area contributed by atoms with Gasteiger partial charge in [0, 0.05) is 0 Å². The Kier molecular flexibility index (Phi) is 4.24. The minimum atomic E-state index is 0.873. The van der Waals surface area contributed by atoms with Crippen molar-refractivity contribution in [3.63, 3.8) is 0 Å². The van der Waals surface area contributed by atoms with Crippen LogP contribution < -0.4 is 4.74 Å². The average Bonchev–Trinajstić information content (AvgIpc) is 2.52. The van der Waals surface area contributed by atoms with Crippen LogP contribution in [0.15, 0.2) is 72.8 Å². The van der Waals surface area contributed by atoms with E-state index in [0.29, 0.717) is 0 Å². The van der Waals surface area contributed by atoms with Crippen molar-refractivity contribution in [1.29, 1.82) is 0 Å². The second kappa shape index (κ2) is 6.48. The van der Waals surface area contributed by atoms with Crippen LogP contribution >= 0.6 is 0 Å². The SMILES string of the molecule is Cc1ccc(Cc2cccc(Oc3ccc(C)cc3)c2)cc1. The number of aryl methyl sites for hydroxylation is 2. The van der Waals surface area contributed by atoms with Crippen molar-refractivity contribution >= 4 is 0 Å². The third kappa shape index (κ3) is 3.76. The highest BCUT2D eigenvalue weighted by Crippen LogP contribution is 2.23. The number of benzene rings is 3. The van der Waals surface area contributed by atoms with E-state index in [2.05, 4.69) is 62.4 Å². The highest BCUT2D eigenvalue weighted by atomic mass is 16.5. The van der Waals surface area contributed by atoms with Gasteiger partial charge in [-0.1, -0.05) is 59.7 Å². The Morgan fingerprint density at radius 1 is 0.636 bits per heavy atom. The van der Waals surface area contributed by atoms with Gasteiger partial charge >= 0.3 is 0 Å². The molecule has 0 unspecified atom stereocenters. The molecule has 110 valence electrons. The van der Waals surface area contributed by atoms with E-state index in [1.165, 1.54) is 22.3 Å². The molecule has 1 nitrogen and oxygen atoms in total. The van der Waals surface area contributed by atoms with Gasteiger partial charge in [-0.25, -0.2) is 0 Å². The van der Waals surface area contributed by atoms with Gasteiger partial charge in [0.25, 0.3) is 0 Å². The Morgan fingerprint density at radius 2 is 1.27 bits per heavy atom. The molecule has 0 fully saturated rings. The van der Waals surface area contributed by atoms with Gasteiger partial charge in [0.15, 0.2) is 0 Å². The molecule has 0 atom stereocenters. The molecule has 0 radical (unpaired) electrons. The van der Waals surface area contributed by atoms with Crippen molar-refractivity contribution in [1.82, 2.24) is 0 Å². The summed E-state index contributed by atoms with van der Waals surface area (Å²) in [7, 11) is 0. The maximum absolute atomic E-state index is 5.93. The Labute approximate surface area is 132 Å². The first kappa shape index (κ1) is 14.4. The van der Waals surface area contributed by atoms with Gasteiger partial charge in [0.2, 0.25) is 0 Å². The summed E-state index contributed by atoms with van der Waals surface area (Å²) in [6.07, 6.45) is 0.922. The maximum Gasteiger partial charge on any atom is 0.127 e. The molecule has 3 rings (SSSR count). The molecule has 0 saturated carbocycles. The Morgan fingerprint density at radius 3 is 1.95 bits per heavy atom. The van der Waals surface area contributed by atoms with Crippen LogP contribution in [0.5, 0.6) is 11.5 Å². The Hall–Kier alpha value is -2.54. The molecule has 0 bridgehead atoms. The standard InChI is InChI=1S/C21H20O/c1-16-6-10-18(11-7-16)14-19-4-3-5-21(15-19)22-20-12-8-17(2)9-13-20/h3-13,15H,14H2,1-2H3. The van der Waals surface area contributed by atoms with Crippen molar-refractivity contribution in [3.05, 3.63) is 95.1 Å². The zero-order valence-corrected chi connectivity index (χ0v) is 13.0. The molecule has 0 saturated heterocycles. The number of hydrogen-bond acceptors (Lipinski definition) is 1. The summed E-state index contributed by atoms with van der Waals surface area (Å²) in [5.41, 5.74) is 5.10. The molecule has 0 aromatic heterocycles. The lowest BCUT2D eigenvalue weighted by Gasteiger charge is -2.08. The quantitative estimate of drug-likeness (QED) is 0.599. The van der Waals surface area contributed by atoms with E-state index in [-0.39, 0.29) is 0 Å². The van der Waals surface area contributed by atoms with Gasteiger partial charge < -0.3 is 4.74 Å². The van der Waals surface area contributed by atoms with Crippen LogP contribution in [0.25, 0.3) is 0 Å². The molecule has 1 heteroatoms. The van der Waals surface area contributed by atoms with E-state index in [4.69, 9.17) is 4.74 Å². The van der Waals surface area contributed by atoms with E-state index in [9.17, 15) is 0 Å². The zero-order chi connectivity index (χ0) is 15.4. The van der Waals surface area contributed by atoms with Gasteiger partial charge in [0.05, 0.1) is 0 Å². The van der Waals surface area contributed by atoms with Crippen LogP contribution in [-0.2, 0) is 6.42 Å². The van der Waals surface area contributed by atoms with Crippen molar-refractivity contribution in [2.75, 3.05) is 0 Å². The monoisotopic (exact) mass is 288 g/mol. The summed E-state index contributed by atoms with van der Waals surface area (Å²) in [5, 5.41) is 0. The Balaban J connectivity index is 1.74. The van der Waals surface area contributed by atoms with Crippen LogP contribution in [0.3, 0.4) is 0 Å². The molecule has 3 aromatic rings. The normalized spacial score (nSPS) is 10.5. The Bertz CT molecular complexity index is 677. The summed E-state index contributed by atoms with van der Waals surface area (Å²) in [4.78, 5) is 0. The van der Waals surface area contributed by atoms with Crippen LogP contribution in [-0.4, -0.2) is 0 Å². The van der Waals surface area contributed by atoms with Gasteiger partial charge in [-0.3, -0.25) is 0 Å². The second-order valence-corrected chi connectivity index (χ2v) is 5.72. The maximum atomic E-state index is 5.93. The van der Waals surface area contributed by atoms with Crippen LogP contribution in [0.2, 0.25) is 0 Å². The summed E-state index contributed by atoms with van der Waals surface area (Å²) >= 11 is 0. The average molecular weight is 288 g/mol. The summed E-state index contributed by atoms with van der Waals surface area (Å²) in [6.45, 7) is 4.19. The minimum absolute atomic E-state index is 0.873. The summed E-state index contributed by atoms with van der Waals surface area (Å²) < 4.78 is 5.93. The molecule has 0 aliphatic heterocycles. The zero-order valence-electron chi connectivity index (χ0n) is 13.0. The molecule has 0 spiro atoms. The molecule has 0 heterocycles. The highest BCUT2D eigenvalue weighted by Gasteiger charge is 2.01. The van der Waals surface area contributed by atoms with Gasteiger partial charge in [-0.15, -0.1) is 0 Å². The molecule has 0 aliphatic rings. The molecular formula is C21H20O. The third-order valence-electron chi connectivity index (χ3n) is 3.68. The smallest absolute Gasteiger partial charge is 0.127 e. The largest absolute Gasteiger partial charge is 0.457 e. The fourth-order valence-corrected chi connectivity index (χ4v) is 2.40. The van der Waals surface area contributed by atoms with E-state index in [1.54, 1.807) is 0 Å². The third-order valence-corrected chi connectivity index (χ3v) is 3.68. The van der Waals surface area contributed by atoms with Crippen molar-refractivity contribution < 1.29 is 4.74 Å². The lowest BCUT2D eigenvalue weighted by atomic mass is 10.0. The molecular weight excluding hydrogens is 268 g/mol. The fourth-order valence-electron chi connectivity index (χ4n) is 2.40. The van der Waals surface area contributed by atoms with Gasteiger partial charge in [-0.05, 0) is 55.7 Å². The lowest BCUT2D eigenvalue weighted by molar-refractivity contribution is 0.482. The number of rotatable bonds is 4. The van der Waals surface area contributed by atoms with Crippen molar-refractivity contribution in [2.24, 2.45) is 0 Å². The van der Waals surface area contributed by atoms with E-state index in [1.807, 2.05) is 24.3 Å². The molecule has 0 N–H and O–H groups in total. The predicted octanol–water partition coefficient (Wildman–Crippen LogP) is 5.69. The van der Waals surface area contributed by atoms with Crippen LogP contribution in [0.4, 0.5) is 0 Å². The van der Waals surface area contributed by atoms with Gasteiger partial charge in [0.1, 0.15) is 11.5 Å². The molecule has 0 aliphatic carbocycles. The minimum Gasteiger partial charge on any atom is -0.457 e. The van der Waals surface area contributed by atoms with E-state index >= 15 is 0 Å². The number of ether oxygens (including phenoxy) is 1. The molecule has 0 amide bonds.